The van der Waals surface area contributed by atoms with Gasteiger partial charge in [0.1, 0.15) is 5.69 Å². The van der Waals surface area contributed by atoms with E-state index in [4.69, 9.17) is 23.2 Å². The summed E-state index contributed by atoms with van der Waals surface area (Å²) in [6.45, 7) is 0. The normalized spacial score (nSPS) is 18.7. The van der Waals surface area contributed by atoms with E-state index in [9.17, 15) is 22.0 Å². The molecule has 0 bridgehead atoms. The number of hydrogen-bond acceptors (Lipinski definition) is 1. The molecule has 0 radical (unpaired) electrons. The van der Waals surface area contributed by atoms with E-state index in [2.05, 4.69) is 37.0 Å². The van der Waals surface area contributed by atoms with E-state index >= 15 is 0 Å². The minimum atomic E-state index is -4.62. The fourth-order valence-electron chi connectivity index (χ4n) is 2.50. The van der Waals surface area contributed by atoms with Crippen LogP contribution in [0, 0.1) is 0 Å². The lowest BCUT2D eigenvalue weighted by molar-refractivity contribution is -0.137. The molecule has 0 amide bonds. The lowest BCUT2D eigenvalue weighted by Crippen LogP contribution is -2.07. The molecule has 2 aromatic rings. The van der Waals surface area contributed by atoms with Crippen LogP contribution < -0.4 is 0 Å². The molecule has 1 aromatic carbocycles. The van der Waals surface area contributed by atoms with Gasteiger partial charge >= 0.3 is 6.18 Å². The Labute approximate surface area is 171 Å². The first-order valence-electron chi connectivity index (χ1n) is 6.97. The van der Waals surface area contributed by atoms with Crippen LogP contribution in [-0.2, 0) is 6.18 Å². The Hall–Kier alpha value is -0.640. The van der Waals surface area contributed by atoms with Crippen molar-refractivity contribution >= 4 is 61.1 Å². The number of benzene rings is 1. The molecule has 1 unspecified atom stereocenters. The Kier molecular flexibility index (Phi) is 5.22. The van der Waals surface area contributed by atoms with E-state index in [0.717, 1.165) is 4.68 Å². The van der Waals surface area contributed by atoms with Crippen LogP contribution in [0.15, 0.2) is 24.4 Å². The van der Waals surface area contributed by atoms with E-state index in [-0.39, 0.29) is 27.3 Å². The van der Waals surface area contributed by atoms with Crippen molar-refractivity contribution in [3.05, 3.63) is 51.3 Å². The van der Waals surface area contributed by atoms with Gasteiger partial charge < -0.3 is 0 Å². The topological polar surface area (TPSA) is 17.8 Å². The zero-order chi connectivity index (χ0) is 19.4. The Morgan fingerprint density at radius 1 is 1.23 bits per heavy atom. The second-order valence-electron chi connectivity index (χ2n) is 5.65. The van der Waals surface area contributed by atoms with E-state index in [0.29, 0.717) is 30.2 Å². The van der Waals surface area contributed by atoms with Gasteiger partial charge in [0.2, 0.25) is 0 Å². The Bertz CT molecular complexity index is 881. The van der Waals surface area contributed by atoms with Gasteiger partial charge in [-0.3, -0.25) is 0 Å². The van der Waals surface area contributed by atoms with Gasteiger partial charge in [0.05, 0.1) is 24.5 Å². The second-order valence-corrected chi connectivity index (χ2v) is 10.4. The van der Waals surface area contributed by atoms with Crippen LogP contribution in [0.2, 0.25) is 10.0 Å². The van der Waals surface area contributed by atoms with Crippen molar-refractivity contribution in [2.45, 2.75) is 21.7 Å². The number of alkyl halides is 5. The molecule has 0 spiro atoms. The highest BCUT2D eigenvalue weighted by Gasteiger charge is 2.52. The Morgan fingerprint density at radius 3 is 2.19 bits per heavy atom. The van der Waals surface area contributed by atoms with Crippen LogP contribution in [0.1, 0.15) is 29.2 Å². The summed E-state index contributed by atoms with van der Waals surface area (Å²) < 4.78 is 64.7. The quantitative estimate of drug-likeness (QED) is 0.293. The predicted octanol–water partition coefficient (Wildman–Crippen LogP) is 7.41. The largest absolute Gasteiger partial charge is 0.416 e. The summed E-state index contributed by atoms with van der Waals surface area (Å²) >= 11 is 18.8. The number of nitrogens with zero attached hydrogens (tertiary/aromatic N) is 2. The first-order chi connectivity index (χ1) is 11.9. The highest BCUT2D eigenvalue weighted by Crippen LogP contribution is 2.62. The maximum atomic E-state index is 12.9. The molecular formula is C15H7Br2Cl2F5N2. The van der Waals surface area contributed by atoms with Gasteiger partial charge in [-0.05, 0) is 18.6 Å². The van der Waals surface area contributed by atoms with Crippen molar-refractivity contribution in [2.24, 2.45) is 0 Å². The van der Waals surface area contributed by atoms with Gasteiger partial charge in [-0.2, -0.15) is 27.1 Å². The molecule has 1 atom stereocenters. The van der Waals surface area contributed by atoms with Crippen LogP contribution >= 0.6 is 55.1 Å². The lowest BCUT2D eigenvalue weighted by atomic mass is 10.1. The Balaban J connectivity index is 2.12. The maximum absolute atomic E-state index is 12.9. The fraction of sp³-hybridized carbons (Fsp3) is 0.267. The van der Waals surface area contributed by atoms with Gasteiger partial charge in [0, 0.05) is 23.8 Å². The average Bonchev–Trinajstić information content (AvgIpc) is 2.91. The van der Waals surface area contributed by atoms with E-state index < -0.39 is 21.1 Å². The molecule has 26 heavy (non-hydrogen) atoms. The first kappa shape index (κ1) is 20.1. The van der Waals surface area contributed by atoms with Crippen molar-refractivity contribution in [3.63, 3.8) is 0 Å². The molecule has 140 valence electrons. The monoisotopic (exact) mass is 538 g/mol. The van der Waals surface area contributed by atoms with Crippen molar-refractivity contribution in [3.8, 4) is 5.69 Å². The lowest BCUT2D eigenvalue weighted by Gasteiger charge is -2.12. The molecular weight excluding hydrogens is 534 g/mol. The molecule has 1 aliphatic carbocycles. The molecule has 0 saturated heterocycles. The zero-order valence-corrected chi connectivity index (χ0v) is 17.1. The number of halogens is 9. The van der Waals surface area contributed by atoms with E-state index in [1.54, 1.807) is 0 Å². The molecule has 11 heteroatoms. The fourth-order valence-corrected chi connectivity index (χ4v) is 4.30. The molecule has 0 N–H and O–H groups in total. The van der Waals surface area contributed by atoms with Gasteiger partial charge in [-0.1, -0.05) is 55.1 Å². The smallest absolute Gasteiger partial charge is 0.237 e. The second kappa shape index (κ2) is 6.76. The van der Waals surface area contributed by atoms with Crippen LogP contribution in [0.5, 0.6) is 0 Å². The minimum absolute atomic E-state index is 0.0113. The molecule has 1 heterocycles. The average molecular weight is 541 g/mol. The van der Waals surface area contributed by atoms with Crippen LogP contribution in [0.4, 0.5) is 22.0 Å². The zero-order valence-electron chi connectivity index (χ0n) is 12.4. The molecule has 3 rings (SSSR count). The Morgan fingerprint density at radius 2 is 1.77 bits per heavy atom. The number of aromatic nitrogens is 2. The number of hydrogen-bond donors (Lipinski definition) is 0. The van der Waals surface area contributed by atoms with Gasteiger partial charge in [-0.15, -0.1) is 0 Å². The molecule has 1 aliphatic rings. The summed E-state index contributed by atoms with van der Waals surface area (Å²) in [6.07, 6.45) is -3.92. The SMILES string of the molecule is FC(F)=Cc1nn(-c2c(Cl)cc(C(F)(F)F)cc2Cl)cc1C1CC1(Br)Br. The van der Waals surface area contributed by atoms with Crippen LogP contribution in [-0.4, -0.2) is 13.0 Å². The van der Waals surface area contributed by atoms with Gasteiger partial charge in [0.25, 0.3) is 6.08 Å². The third-order valence-electron chi connectivity index (χ3n) is 3.79. The van der Waals surface area contributed by atoms with E-state index in [1.807, 2.05) is 0 Å². The third-order valence-corrected chi connectivity index (χ3v) is 6.12. The van der Waals surface area contributed by atoms with E-state index in [1.165, 1.54) is 6.20 Å². The van der Waals surface area contributed by atoms with Crippen LogP contribution in [0.25, 0.3) is 11.8 Å². The minimum Gasteiger partial charge on any atom is -0.237 e. The molecule has 1 aromatic heterocycles. The van der Waals surface area contributed by atoms with Gasteiger partial charge in [-0.25, -0.2) is 4.68 Å². The first-order valence-corrected chi connectivity index (χ1v) is 9.31. The number of rotatable bonds is 3. The maximum Gasteiger partial charge on any atom is 0.416 e. The standard InChI is InChI=1S/C15H7Br2Cl2F5N2/c16-14(17)4-8(14)7-5-26(25-11(7)3-12(20)21)13-9(18)1-6(2-10(13)19)15(22,23)24/h1-3,5,8H,4H2. The summed E-state index contributed by atoms with van der Waals surface area (Å²) in [4.78, 5) is 0. The van der Waals surface area contributed by atoms with Gasteiger partial charge in [0.15, 0.2) is 0 Å². The van der Waals surface area contributed by atoms with Crippen molar-refractivity contribution < 1.29 is 22.0 Å². The van der Waals surface area contributed by atoms with Crippen molar-refractivity contribution in [1.82, 2.24) is 9.78 Å². The summed E-state index contributed by atoms with van der Waals surface area (Å²) in [5, 5.41) is 3.44. The highest BCUT2D eigenvalue weighted by molar-refractivity contribution is 9.25. The highest BCUT2D eigenvalue weighted by atomic mass is 79.9. The third kappa shape index (κ3) is 3.95. The molecule has 1 fully saturated rings. The summed E-state index contributed by atoms with van der Waals surface area (Å²) in [5.41, 5.74) is -0.557. The summed E-state index contributed by atoms with van der Waals surface area (Å²) in [7, 11) is 0. The van der Waals surface area contributed by atoms with Crippen molar-refractivity contribution in [1.29, 1.82) is 0 Å². The van der Waals surface area contributed by atoms with Crippen LogP contribution in [0.3, 0.4) is 0 Å². The molecule has 0 aliphatic heterocycles. The molecule has 2 nitrogen and oxygen atoms in total. The van der Waals surface area contributed by atoms with Crippen molar-refractivity contribution in [2.75, 3.05) is 0 Å². The summed E-state index contributed by atoms with van der Waals surface area (Å²) in [5.74, 6) is -0.145. The summed E-state index contributed by atoms with van der Waals surface area (Å²) in [6, 6.07) is 1.43. The predicted molar refractivity (Wildman–Crippen MR) is 96.7 cm³/mol. The molecule has 1 saturated carbocycles.